The minimum absolute atomic E-state index is 0.0536. The molecule has 0 atom stereocenters. The van der Waals surface area contributed by atoms with E-state index in [9.17, 15) is 14.7 Å². The minimum Gasteiger partial charge on any atom is -0.479 e. The molecular formula is C15H17N3O3S. The molecule has 1 fully saturated rings. The van der Waals surface area contributed by atoms with Gasteiger partial charge in [-0.1, -0.05) is 0 Å². The van der Waals surface area contributed by atoms with Crippen LogP contribution in [0.2, 0.25) is 0 Å². The number of nitrogens with zero attached hydrogens (tertiary/aromatic N) is 3. The number of carbonyl (C=O) groups is 2. The first-order valence-corrected chi connectivity index (χ1v) is 8.08. The van der Waals surface area contributed by atoms with Crippen molar-refractivity contribution in [3.05, 3.63) is 40.8 Å². The summed E-state index contributed by atoms with van der Waals surface area (Å²) in [5, 5.41) is 17.6. The molecule has 0 aromatic carbocycles. The van der Waals surface area contributed by atoms with Crippen molar-refractivity contribution in [3.63, 3.8) is 0 Å². The van der Waals surface area contributed by atoms with Crippen LogP contribution in [0.3, 0.4) is 0 Å². The summed E-state index contributed by atoms with van der Waals surface area (Å²) in [6.45, 7) is 0.879. The molecular weight excluding hydrogens is 302 g/mol. The van der Waals surface area contributed by atoms with Crippen LogP contribution in [0.4, 0.5) is 0 Å². The summed E-state index contributed by atoms with van der Waals surface area (Å²) in [5.41, 5.74) is -0.0278. The maximum Gasteiger partial charge on any atom is 0.331 e. The quantitative estimate of drug-likeness (QED) is 0.928. The Morgan fingerprint density at radius 2 is 2.14 bits per heavy atom. The Labute approximate surface area is 132 Å². The minimum atomic E-state index is -1.04. The molecule has 3 rings (SSSR count). The molecule has 0 spiro atoms. The standard InChI is InChI=1S/C15H17N3O3S/c19-13(10-12-2-9-22-11-12)17-7-3-15(4-8-17,14(20)21)18-6-1-5-16-18/h1-2,5-6,9,11H,3-4,7-8,10H2,(H,20,21). The second-order valence-electron chi connectivity index (χ2n) is 5.48. The number of hydrogen-bond donors (Lipinski definition) is 1. The molecule has 1 aliphatic heterocycles. The van der Waals surface area contributed by atoms with E-state index in [1.54, 1.807) is 34.7 Å². The van der Waals surface area contributed by atoms with Gasteiger partial charge in [0.05, 0.1) is 6.42 Å². The van der Waals surface area contributed by atoms with Crippen molar-refractivity contribution in [2.24, 2.45) is 0 Å². The highest BCUT2D eigenvalue weighted by molar-refractivity contribution is 7.07. The third kappa shape index (κ3) is 2.64. The molecule has 1 amide bonds. The Morgan fingerprint density at radius 1 is 1.36 bits per heavy atom. The van der Waals surface area contributed by atoms with Crippen molar-refractivity contribution < 1.29 is 14.7 Å². The maximum atomic E-state index is 12.3. The maximum absolute atomic E-state index is 12.3. The number of hydrogen-bond acceptors (Lipinski definition) is 4. The van der Waals surface area contributed by atoms with Crippen LogP contribution in [0.1, 0.15) is 18.4 Å². The molecule has 1 N–H and O–H groups in total. The van der Waals surface area contributed by atoms with E-state index < -0.39 is 11.5 Å². The first-order valence-electron chi connectivity index (χ1n) is 7.14. The molecule has 7 heteroatoms. The summed E-state index contributed by atoms with van der Waals surface area (Å²) >= 11 is 1.57. The number of carboxylic acids is 1. The van der Waals surface area contributed by atoms with Gasteiger partial charge in [0.15, 0.2) is 5.54 Å². The smallest absolute Gasteiger partial charge is 0.331 e. The summed E-state index contributed by atoms with van der Waals surface area (Å²) in [6.07, 6.45) is 4.39. The van der Waals surface area contributed by atoms with Crippen LogP contribution >= 0.6 is 11.3 Å². The molecule has 0 saturated carbocycles. The Kier molecular flexibility index (Phi) is 3.98. The lowest BCUT2D eigenvalue weighted by atomic mass is 9.87. The monoisotopic (exact) mass is 319 g/mol. The topological polar surface area (TPSA) is 75.4 Å². The summed E-state index contributed by atoms with van der Waals surface area (Å²) in [5.74, 6) is -0.834. The highest BCUT2D eigenvalue weighted by atomic mass is 32.1. The Balaban J connectivity index is 1.68. The van der Waals surface area contributed by atoms with Crippen LogP contribution in [-0.4, -0.2) is 44.8 Å². The zero-order valence-electron chi connectivity index (χ0n) is 12.0. The van der Waals surface area contributed by atoms with Gasteiger partial charge >= 0.3 is 5.97 Å². The number of carboxylic acid groups (broad SMARTS) is 1. The van der Waals surface area contributed by atoms with Gasteiger partial charge in [-0.2, -0.15) is 16.4 Å². The van der Waals surface area contributed by atoms with Gasteiger partial charge in [0.2, 0.25) is 5.91 Å². The number of carbonyl (C=O) groups excluding carboxylic acids is 1. The normalized spacial score (nSPS) is 17.4. The molecule has 2 aromatic rings. The highest BCUT2D eigenvalue weighted by Gasteiger charge is 2.44. The first kappa shape index (κ1) is 14.8. The van der Waals surface area contributed by atoms with Crippen LogP contribution in [-0.2, 0) is 21.5 Å². The lowest BCUT2D eigenvalue weighted by Gasteiger charge is -2.39. The van der Waals surface area contributed by atoms with Gasteiger partial charge < -0.3 is 10.0 Å². The van der Waals surface area contributed by atoms with Crippen molar-refractivity contribution in [3.8, 4) is 0 Å². The lowest BCUT2D eigenvalue weighted by molar-refractivity contribution is -0.153. The van der Waals surface area contributed by atoms with E-state index in [0.29, 0.717) is 32.4 Å². The Bertz CT molecular complexity index is 644. The van der Waals surface area contributed by atoms with Crippen molar-refractivity contribution >= 4 is 23.2 Å². The molecule has 0 bridgehead atoms. The van der Waals surface area contributed by atoms with E-state index in [4.69, 9.17) is 0 Å². The SMILES string of the molecule is O=C(Cc1ccsc1)N1CCC(C(=O)O)(n2cccn2)CC1. The Morgan fingerprint density at radius 3 is 2.68 bits per heavy atom. The summed E-state index contributed by atoms with van der Waals surface area (Å²) in [7, 11) is 0. The first-order chi connectivity index (χ1) is 10.6. The zero-order valence-corrected chi connectivity index (χ0v) is 12.8. The van der Waals surface area contributed by atoms with Gasteiger partial charge in [0, 0.05) is 38.3 Å². The zero-order chi connectivity index (χ0) is 15.6. The van der Waals surface area contributed by atoms with Crippen LogP contribution < -0.4 is 0 Å². The fourth-order valence-electron chi connectivity index (χ4n) is 2.87. The molecule has 1 aliphatic rings. The summed E-state index contributed by atoms with van der Waals surface area (Å²) < 4.78 is 1.51. The second-order valence-corrected chi connectivity index (χ2v) is 6.26. The van der Waals surface area contributed by atoms with Gasteiger partial charge in [-0.25, -0.2) is 4.79 Å². The second kappa shape index (κ2) is 5.92. The van der Waals surface area contributed by atoms with Crippen molar-refractivity contribution in [1.29, 1.82) is 0 Å². The number of rotatable bonds is 4. The largest absolute Gasteiger partial charge is 0.479 e. The van der Waals surface area contributed by atoms with Crippen LogP contribution in [0.25, 0.3) is 0 Å². The summed E-state index contributed by atoms with van der Waals surface area (Å²) in [4.78, 5) is 25.8. The number of aliphatic carboxylic acids is 1. The van der Waals surface area contributed by atoms with Crippen LogP contribution in [0.5, 0.6) is 0 Å². The van der Waals surface area contributed by atoms with Crippen molar-refractivity contribution in [2.75, 3.05) is 13.1 Å². The number of aromatic nitrogens is 2. The van der Waals surface area contributed by atoms with E-state index >= 15 is 0 Å². The van der Waals surface area contributed by atoms with E-state index in [1.165, 1.54) is 4.68 Å². The molecule has 3 heterocycles. The average molecular weight is 319 g/mol. The predicted molar refractivity (Wildman–Crippen MR) is 81.7 cm³/mol. The van der Waals surface area contributed by atoms with Crippen LogP contribution in [0, 0.1) is 0 Å². The number of amides is 1. The van der Waals surface area contributed by atoms with Gasteiger partial charge in [0.1, 0.15) is 0 Å². The van der Waals surface area contributed by atoms with E-state index in [2.05, 4.69) is 5.10 Å². The molecule has 0 unspecified atom stereocenters. The van der Waals surface area contributed by atoms with E-state index in [0.717, 1.165) is 5.56 Å². The molecule has 6 nitrogen and oxygen atoms in total. The summed E-state index contributed by atoms with van der Waals surface area (Å²) in [6, 6.07) is 3.66. The molecule has 1 saturated heterocycles. The van der Waals surface area contributed by atoms with E-state index in [-0.39, 0.29) is 5.91 Å². The molecule has 22 heavy (non-hydrogen) atoms. The average Bonchev–Trinajstić information content (AvgIpc) is 3.20. The van der Waals surface area contributed by atoms with E-state index in [1.807, 2.05) is 16.8 Å². The fraction of sp³-hybridized carbons (Fsp3) is 0.400. The van der Waals surface area contributed by atoms with Gasteiger partial charge in [0.25, 0.3) is 0 Å². The molecule has 0 aliphatic carbocycles. The highest BCUT2D eigenvalue weighted by Crippen LogP contribution is 2.30. The third-order valence-corrected chi connectivity index (χ3v) is 4.95. The van der Waals surface area contributed by atoms with Crippen molar-refractivity contribution in [1.82, 2.24) is 14.7 Å². The fourth-order valence-corrected chi connectivity index (χ4v) is 3.54. The predicted octanol–water partition coefficient (Wildman–Crippen LogP) is 1.59. The number of thiophene rings is 1. The third-order valence-electron chi connectivity index (χ3n) is 4.22. The van der Waals surface area contributed by atoms with Gasteiger partial charge in [-0.15, -0.1) is 0 Å². The Hall–Kier alpha value is -2.15. The van der Waals surface area contributed by atoms with Gasteiger partial charge in [-0.3, -0.25) is 9.48 Å². The van der Waals surface area contributed by atoms with Crippen LogP contribution in [0.15, 0.2) is 35.3 Å². The molecule has 0 radical (unpaired) electrons. The molecule has 116 valence electrons. The van der Waals surface area contributed by atoms with Gasteiger partial charge in [-0.05, 0) is 28.5 Å². The number of likely N-dealkylation sites (tertiary alicyclic amines) is 1. The lowest BCUT2D eigenvalue weighted by Crippen LogP contribution is -2.52. The van der Waals surface area contributed by atoms with Crippen molar-refractivity contribution in [2.45, 2.75) is 24.8 Å². The molecule has 2 aromatic heterocycles. The number of piperidine rings is 1.